The summed E-state index contributed by atoms with van der Waals surface area (Å²) in [6, 6.07) is 15.3. The van der Waals surface area contributed by atoms with Gasteiger partial charge in [-0.2, -0.15) is 0 Å². The van der Waals surface area contributed by atoms with Gasteiger partial charge in [0.25, 0.3) is 0 Å². The first-order chi connectivity index (χ1) is 9.70. The smallest absolute Gasteiger partial charge is 0.187 e. The molecule has 20 heavy (non-hydrogen) atoms. The van der Waals surface area contributed by atoms with Crippen molar-refractivity contribution >= 4 is 22.2 Å². The first-order valence-corrected chi connectivity index (χ1v) is 7.17. The maximum atomic E-state index is 9.30. The minimum atomic E-state index is 0.266. The molecule has 0 aliphatic heterocycles. The number of anilines is 2. The highest BCUT2D eigenvalue weighted by Crippen LogP contribution is 2.28. The Hall–Kier alpha value is -2.33. The Kier molecular flexibility index (Phi) is 3.39. The van der Waals surface area contributed by atoms with Crippen LogP contribution in [0.25, 0.3) is 11.3 Å². The van der Waals surface area contributed by atoms with E-state index in [4.69, 9.17) is 0 Å². The molecule has 100 valence electrons. The Bertz CT molecular complexity index is 719. The van der Waals surface area contributed by atoms with Crippen LogP contribution in [0.3, 0.4) is 0 Å². The van der Waals surface area contributed by atoms with Crippen molar-refractivity contribution in [3.8, 4) is 17.0 Å². The third-order valence-corrected chi connectivity index (χ3v) is 3.69. The number of hydrogen-bond acceptors (Lipinski definition) is 4. The van der Waals surface area contributed by atoms with Crippen molar-refractivity contribution in [2.75, 3.05) is 5.32 Å². The van der Waals surface area contributed by atoms with Crippen LogP contribution in [0.2, 0.25) is 0 Å². The van der Waals surface area contributed by atoms with E-state index in [2.05, 4.69) is 29.4 Å². The van der Waals surface area contributed by atoms with Crippen molar-refractivity contribution < 1.29 is 5.11 Å². The molecule has 3 aromatic rings. The van der Waals surface area contributed by atoms with E-state index in [1.165, 1.54) is 5.56 Å². The predicted octanol–water partition coefficient (Wildman–Crippen LogP) is 4.57. The molecule has 0 aliphatic rings. The molecule has 0 bridgehead atoms. The maximum Gasteiger partial charge on any atom is 0.187 e. The van der Waals surface area contributed by atoms with E-state index in [1.807, 2.05) is 29.6 Å². The molecule has 0 radical (unpaired) electrons. The van der Waals surface area contributed by atoms with Crippen LogP contribution < -0.4 is 5.32 Å². The van der Waals surface area contributed by atoms with Crippen molar-refractivity contribution in [1.29, 1.82) is 0 Å². The standard InChI is InChI=1S/C16H14N2OS/c1-11-3-2-4-13(9-11)17-16-18-15(10-20-16)12-5-7-14(19)8-6-12/h2-10,19H,1H3,(H,17,18). The molecule has 0 aliphatic carbocycles. The average Bonchev–Trinajstić information content (AvgIpc) is 2.88. The minimum absolute atomic E-state index is 0.266. The van der Waals surface area contributed by atoms with Crippen molar-refractivity contribution in [1.82, 2.24) is 4.98 Å². The highest BCUT2D eigenvalue weighted by atomic mass is 32.1. The molecule has 0 unspecified atom stereocenters. The van der Waals surface area contributed by atoms with Crippen molar-refractivity contribution in [3.63, 3.8) is 0 Å². The van der Waals surface area contributed by atoms with Crippen LogP contribution in [-0.4, -0.2) is 10.1 Å². The van der Waals surface area contributed by atoms with E-state index in [1.54, 1.807) is 23.5 Å². The van der Waals surface area contributed by atoms with Crippen LogP contribution in [0.5, 0.6) is 5.75 Å². The summed E-state index contributed by atoms with van der Waals surface area (Å²) in [5, 5.41) is 15.5. The summed E-state index contributed by atoms with van der Waals surface area (Å²) < 4.78 is 0. The van der Waals surface area contributed by atoms with E-state index in [0.29, 0.717) is 0 Å². The van der Waals surface area contributed by atoms with E-state index >= 15 is 0 Å². The fourth-order valence-electron chi connectivity index (χ4n) is 1.94. The zero-order valence-electron chi connectivity index (χ0n) is 11.0. The fraction of sp³-hybridized carbons (Fsp3) is 0.0625. The van der Waals surface area contributed by atoms with Crippen LogP contribution >= 0.6 is 11.3 Å². The van der Waals surface area contributed by atoms with Crippen LogP contribution in [0.15, 0.2) is 53.9 Å². The number of rotatable bonds is 3. The molecule has 3 nitrogen and oxygen atoms in total. The number of benzene rings is 2. The molecule has 0 atom stereocenters. The lowest BCUT2D eigenvalue weighted by atomic mass is 10.2. The second-order valence-corrected chi connectivity index (χ2v) is 5.44. The summed E-state index contributed by atoms with van der Waals surface area (Å²) in [7, 11) is 0. The van der Waals surface area contributed by atoms with E-state index < -0.39 is 0 Å². The van der Waals surface area contributed by atoms with Gasteiger partial charge in [0.15, 0.2) is 5.13 Å². The van der Waals surface area contributed by atoms with E-state index in [9.17, 15) is 5.11 Å². The second-order valence-electron chi connectivity index (χ2n) is 4.58. The second kappa shape index (κ2) is 5.35. The summed E-state index contributed by atoms with van der Waals surface area (Å²) in [4.78, 5) is 4.56. The van der Waals surface area contributed by atoms with Gasteiger partial charge in [-0.3, -0.25) is 0 Å². The summed E-state index contributed by atoms with van der Waals surface area (Å²) in [6.07, 6.45) is 0. The lowest BCUT2D eigenvalue weighted by Crippen LogP contribution is -1.89. The lowest BCUT2D eigenvalue weighted by molar-refractivity contribution is 0.475. The molecule has 1 aromatic heterocycles. The lowest BCUT2D eigenvalue weighted by Gasteiger charge is -2.03. The Labute approximate surface area is 121 Å². The van der Waals surface area contributed by atoms with Gasteiger partial charge >= 0.3 is 0 Å². The molecule has 3 rings (SSSR count). The molecule has 0 fully saturated rings. The number of phenolic OH excluding ortho intramolecular Hbond substituents is 1. The fourth-order valence-corrected chi connectivity index (χ4v) is 2.68. The summed E-state index contributed by atoms with van der Waals surface area (Å²) in [5.41, 5.74) is 4.16. The van der Waals surface area contributed by atoms with Crippen molar-refractivity contribution in [2.24, 2.45) is 0 Å². The van der Waals surface area contributed by atoms with Crippen molar-refractivity contribution in [2.45, 2.75) is 6.92 Å². The zero-order valence-corrected chi connectivity index (χ0v) is 11.8. The highest BCUT2D eigenvalue weighted by molar-refractivity contribution is 7.14. The van der Waals surface area contributed by atoms with Gasteiger partial charge in [-0.1, -0.05) is 12.1 Å². The molecule has 2 N–H and O–H groups in total. The number of phenols is 1. The van der Waals surface area contributed by atoms with Gasteiger partial charge < -0.3 is 10.4 Å². The number of aromatic nitrogens is 1. The molecular formula is C16H14N2OS. The minimum Gasteiger partial charge on any atom is -0.508 e. The monoisotopic (exact) mass is 282 g/mol. The predicted molar refractivity (Wildman–Crippen MR) is 83.7 cm³/mol. The first kappa shape index (κ1) is 12.7. The van der Waals surface area contributed by atoms with Crippen LogP contribution in [0.1, 0.15) is 5.56 Å². The Morgan fingerprint density at radius 2 is 1.90 bits per heavy atom. The molecule has 0 spiro atoms. The number of aromatic hydroxyl groups is 1. The average molecular weight is 282 g/mol. The van der Waals surface area contributed by atoms with Gasteiger partial charge in [-0.25, -0.2) is 4.98 Å². The third-order valence-electron chi connectivity index (χ3n) is 2.94. The van der Waals surface area contributed by atoms with E-state index in [0.717, 1.165) is 22.1 Å². The maximum absolute atomic E-state index is 9.30. The zero-order chi connectivity index (χ0) is 13.9. The number of hydrogen-bond donors (Lipinski definition) is 2. The Morgan fingerprint density at radius 1 is 1.10 bits per heavy atom. The Morgan fingerprint density at radius 3 is 2.65 bits per heavy atom. The SMILES string of the molecule is Cc1cccc(Nc2nc(-c3ccc(O)cc3)cs2)c1. The molecule has 0 saturated heterocycles. The van der Waals surface area contributed by atoms with Gasteiger partial charge in [0, 0.05) is 16.6 Å². The Balaban J connectivity index is 1.82. The molecular weight excluding hydrogens is 268 g/mol. The van der Waals surface area contributed by atoms with Gasteiger partial charge in [0.2, 0.25) is 0 Å². The molecule has 0 amide bonds. The summed E-state index contributed by atoms with van der Waals surface area (Å²) >= 11 is 1.56. The number of thiazole rings is 1. The van der Waals surface area contributed by atoms with Gasteiger partial charge in [-0.15, -0.1) is 11.3 Å². The molecule has 4 heteroatoms. The first-order valence-electron chi connectivity index (χ1n) is 6.29. The largest absolute Gasteiger partial charge is 0.508 e. The summed E-state index contributed by atoms with van der Waals surface area (Å²) in [5.74, 6) is 0.266. The van der Waals surface area contributed by atoms with Crippen LogP contribution in [0, 0.1) is 6.92 Å². The quantitative estimate of drug-likeness (QED) is 0.739. The molecule has 2 aromatic carbocycles. The third kappa shape index (κ3) is 2.81. The number of nitrogens with zero attached hydrogens (tertiary/aromatic N) is 1. The summed E-state index contributed by atoms with van der Waals surface area (Å²) in [6.45, 7) is 2.06. The normalized spacial score (nSPS) is 10.4. The number of aryl methyl sites for hydroxylation is 1. The molecule has 1 heterocycles. The van der Waals surface area contributed by atoms with Gasteiger partial charge in [0.05, 0.1) is 5.69 Å². The van der Waals surface area contributed by atoms with Crippen LogP contribution in [0.4, 0.5) is 10.8 Å². The molecule has 0 saturated carbocycles. The topological polar surface area (TPSA) is 45.2 Å². The van der Waals surface area contributed by atoms with E-state index in [-0.39, 0.29) is 5.75 Å². The number of nitrogens with one attached hydrogen (secondary N) is 1. The van der Waals surface area contributed by atoms with Gasteiger partial charge in [0.1, 0.15) is 5.75 Å². The van der Waals surface area contributed by atoms with Crippen LogP contribution in [-0.2, 0) is 0 Å². The van der Waals surface area contributed by atoms with Gasteiger partial charge in [-0.05, 0) is 48.9 Å². The highest BCUT2D eigenvalue weighted by Gasteiger charge is 2.05. The van der Waals surface area contributed by atoms with Crippen molar-refractivity contribution in [3.05, 3.63) is 59.5 Å².